The van der Waals surface area contributed by atoms with E-state index >= 15 is 0 Å². The topological polar surface area (TPSA) is 109 Å². The van der Waals surface area contributed by atoms with Crippen molar-refractivity contribution < 1.29 is 0 Å². The number of hydrogen-bond donors (Lipinski definition) is 2. The van der Waals surface area contributed by atoms with Crippen molar-refractivity contribution in [3.63, 3.8) is 0 Å². The van der Waals surface area contributed by atoms with Gasteiger partial charge in [0.15, 0.2) is 0 Å². The molecule has 0 amide bonds. The fourth-order valence-electron chi connectivity index (χ4n) is 7.13. The summed E-state index contributed by atoms with van der Waals surface area (Å²) in [6.45, 7) is 8.19. The van der Waals surface area contributed by atoms with Crippen molar-refractivity contribution in [1.82, 2.24) is 39.9 Å². The molecular weight excluding hydrogens is 713 g/mol. The molecule has 0 spiro atoms. The van der Waals surface area contributed by atoms with E-state index in [4.69, 9.17) is 9.97 Å². The molecule has 0 fully saturated rings. The first-order valence-electron chi connectivity index (χ1n) is 19.4. The van der Waals surface area contributed by atoms with Gasteiger partial charge in [0.1, 0.15) is 0 Å². The molecule has 0 radical (unpaired) electrons. The Hall–Kier alpha value is -7.58. The Balaban J connectivity index is 0.000000417. The average Bonchev–Trinajstić information content (AvgIpc) is 4.13. The molecule has 8 nitrogen and oxygen atoms in total. The highest BCUT2D eigenvalue weighted by atomic mass is 14.8. The monoisotopic (exact) mass is 754 g/mol. The summed E-state index contributed by atoms with van der Waals surface area (Å²) in [7, 11) is 0. The van der Waals surface area contributed by atoms with Crippen LogP contribution in [0.5, 0.6) is 0 Å². The quantitative estimate of drug-likeness (QED) is 0.185. The van der Waals surface area contributed by atoms with E-state index < -0.39 is 0 Å². The predicted octanol–water partition coefficient (Wildman–Crippen LogP) is 12.2. The number of aromatic nitrogens is 8. The first kappa shape index (κ1) is 37.3. The third-order valence-corrected chi connectivity index (χ3v) is 9.85. The highest BCUT2D eigenvalue weighted by Gasteiger charge is 2.18. The first-order valence-corrected chi connectivity index (χ1v) is 19.4. The lowest BCUT2D eigenvalue weighted by Crippen LogP contribution is -1.90. The lowest BCUT2D eigenvalue weighted by atomic mass is 10.1. The summed E-state index contributed by atoms with van der Waals surface area (Å²) in [5.74, 6) is 0. The van der Waals surface area contributed by atoms with Crippen molar-refractivity contribution in [2.24, 2.45) is 0 Å². The van der Waals surface area contributed by atoms with Crippen molar-refractivity contribution in [3.05, 3.63) is 181 Å². The SMILES string of the molecule is C1=Cc2nc1c(-c1ccncc1)c1ccc([nH]1)c(-c1ccncc1)c1nc(c(-c3ccncc3)c3ccc([nH]3)c2-c2ccncc2)C=C1.CC.Cc1ccc(C)cc1. The minimum atomic E-state index is 0.846. The first-order chi connectivity index (χ1) is 28.6. The Kier molecular flexibility index (Phi) is 11.0. The van der Waals surface area contributed by atoms with Gasteiger partial charge in [0, 0.05) is 93.9 Å². The maximum atomic E-state index is 5.29. The second-order valence-electron chi connectivity index (χ2n) is 13.6. The average molecular weight is 755 g/mol. The molecule has 8 aromatic rings. The molecule has 2 aliphatic heterocycles. The standard InChI is InChI=1S/C40H26N8.C8H10.C2H6/c1-2-30-38(26-11-19-42-20-12-26)32-5-6-34(47-32)40(28-15-23-44-24-16-28)36-8-7-35(48-36)39(27-13-21-43-22-14-27)33-4-3-31(46-33)37(29(1)45-30)25-9-17-41-18-10-25;1-7-3-5-8(2)6-4-7;1-2/h1-24,45,48H;3-6H,1-2H3;1-2H3. The van der Waals surface area contributed by atoms with Crippen molar-refractivity contribution in [2.75, 3.05) is 0 Å². The zero-order valence-electron chi connectivity index (χ0n) is 32.8. The summed E-state index contributed by atoms with van der Waals surface area (Å²) >= 11 is 0. The van der Waals surface area contributed by atoms with Crippen LogP contribution in [0, 0.1) is 13.8 Å². The number of aryl methyl sites for hydroxylation is 2. The van der Waals surface area contributed by atoms with Crippen LogP contribution in [-0.2, 0) is 0 Å². The van der Waals surface area contributed by atoms with Gasteiger partial charge in [-0.3, -0.25) is 19.9 Å². The van der Waals surface area contributed by atoms with Crippen LogP contribution in [0.2, 0.25) is 0 Å². The van der Waals surface area contributed by atoms with E-state index in [1.165, 1.54) is 11.1 Å². The van der Waals surface area contributed by atoms with Gasteiger partial charge >= 0.3 is 0 Å². The lowest BCUT2D eigenvalue weighted by molar-refractivity contribution is 1.29. The van der Waals surface area contributed by atoms with E-state index in [-0.39, 0.29) is 0 Å². The molecule has 7 aromatic heterocycles. The number of hydrogen-bond acceptors (Lipinski definition) is 6. The predicted molar refractivity (Wildman–Crippen MR) is 239 cm³/mol. The van der Waals surface area contributed by atoms with E-state index in [1.807, 2.05) is 112 Å². The van der Waals surface area contributed by atoms with Crippen LogP contribution in [-0.4, -0.2) is 39.9 Å². The molecule has 0 atom stereocenters. The summed E-state index contributed by atoms with van der Waals surface area (Å²) in [6.07, 6.45) is 22.8. The number of benzene rings is 1. The summed E-state index contributed by atoms with van der Waals surface area (Å²) < 4.78 is 0. The normalized spacial score (nSPS) is 11.3. The van der Waals surface area contributed by atoms with E-state index in [1.54, 1.807) is 0 Å². The Labute approximate surface area is 337 Å². The molecule has 9 heterocycles. The number of nitrogens with zero attached hydrogens (tertiary/aromatic N) is 6. The highest BCUT2D eigenvalue weighted by Crippen LogP contribution is 2.38. The number of rotatable bonds is 4. The molecule has 0 saturated carbocycles. The van der Waals surface area contributed by atoms with Crippen molar-refractivity contribution >= 4 is 46.4 Å². The summed E-state index contributed by atoms with van der Waals surface area (Å²) in [4.78, 5) is 35.2. The van der Waals surface area contributed by atoms with Gasteiger partial charge in [-0.2, -0.15) is 0 Å². The number of fused-ring (bicyclic) bond motifs is 8. The van der Waals surface area contributed by atoms with Crippen LogP contribution in [0.1, 0.15) is 47.8 Å². The summed E-state index contributed by atoms with van der Waals surface area (Å²) in [5, 5.41) is 0. The molecule has 0 saturated heterocycles. The van der Waals surface area contributed by atoms with Crippen LogP contribution >= 0.6 is 0 Å². The van der Waals surface area contributed by atoms with Crippen molar-refractivity contribution in [2.45, 2.75) is 27.7 Å². The summed E-state index contributed by atoms with van der Waals surface area (Å²) in [5.41, 5.74) is 17.7. The maximum Gasteiger partial charge on any atom is 0.0737 e. The Morgan fingerprint density at radius 2 is 0.534 bits per heavy atom. The minimum Gasteiger partial charge on any atom is -0.354 e. The molecule has 0 unspecified atom stereocenters. The van der Waals surface area contributed by atoms with Gasteiger partial charge in [-0.1, -0.05) is 49.2 Å². The Bertz CT molecular complexity index is 2530. The molecular formula is C50H42N8. The van der Waals surface area contributed by atoms with Gasteiger partial charge in [-0.05, 0) is 133 Å². The zero-order valence-corrected chi connectivity index (χ0v) is 32.8. The number of aromatic amines is 2. The van der Waals surface area contributed by atoms with Crippen LogP contribution in [0.15, 0.2) is 147 Å². The molecule has 8 bridgehead atoms. The van der Waals surface area contributed by atoms with Gasteiger partial charge in [-0.15, -0.1) is 0 Å². The molecule has 0 aliphatic carbocycles. The summed E-state index contributed by atoms with van der Waals surface area (Å²) in [6, 6.07) is 33.1. The lowest BCUT2D eigenvalue weighted by Gasteiger charge is -2.06. The third kappa shape index (κ3) is 7.76. The van der Waals surface area contributed by atoms with Gasteiger partial charge < -0.3 is 9.97 Å². The molecule has 10 rings (SSSR count). The van der Waals surface area contributed by atoms with Gasteiger partial charge in [0.25, 0.3) is 0 Å². The number of H-pyrrole nitrogens is 2. The number of pyridine rings is 4. The largest absolute Gasteiger partial charge is 0.354 e. The van der Waals surface area contributed by atoms with E-state index in [2.05, 4.69) is 117 Å². The van der Waals surface area contributed by atoms with Gasteiger partial charge in [0.05, 0.1) is 22.8 Å². The molecule has 2 N–H and O–H groups in total. The van der Waals surface area contributed by atoms with E-state index in [9.17, 15) is 0 Å². The molecule has 1 aromatic carbocycles. The van der Waals surface area contributed by atoms with E-state index in [0.717, 1.165) is 89.4 Å². The van der Waals surface area contributed by atoms with Crippen molar-refractivity contribution in [1.29, 1.82) is 0 Å². The fourth-order valence-corrected chi connectivity index (χ4v) is 7.13. The smallest absolute Gasteiger partial charge is 0.0737 e. The van der Waals surface area contributed by atoms with Gasteiger partial charge in [-0.25, -0.2) is 9.97 Å². The van der Waals surface area contributed by atoms with Crippen LogP contribution in [0.25, 0.3) is 90.9 Å². The number of nitrogens with one attached hydrogen (secondary N) is 2. The van der Waals surface area contributed by atoms with Crippen LogP contribution in [0.3, 0.4) is 0 Å². The van der Waals surface area contributed by atoms with E-state index in [0.29, 0.717) is 0 Å². The highest BCUT2D eigenvalue weighted by molar-refractivity contribution is 5.99. The second kappa shape index (κ2) is 17.1. The Morgan fingerprint density at radius 3 is 0.759 bits per heavy atom. The Morgan fingerprint density at radius 1 is 0.310 bits per heavy atom. The minimum absolute atomic E-state index is 0.846. The van der Waals surface area contributed by atoms with Crippen LogP contribution in [0.4, 0.5) is 0 Å². The molecule has 282 valence electrons. The molecule has 58 heavy (non-hydrogen) atoms. The molecule has 2 aliphatic rings. The fraction of sp³-hybridized carbons (Fsp3) is 0.0800. The zero-order chi connectivity index (χ0) is 39.8. The second-order valence-corrected chi connectivity index (χ2v) is 13.6. The molecule has 8 heteroatoms. The van der Waals surface area contributed by atoms with Gasteiger partial charge in [0.2, 0.25) is 0 Å². The third-order valence-electron chi connectivity index (χ3n) is 9.85. The van der Waals surface area contributed by atoms with Crippen LogP contribution < -0.4 is 0 Å². The van der Waals surface area contributed by atoms with Crippen molar-refractivity contribution in [3.8, 4) is 44.5 Å². The maximum absolute atomic E-state index is 5.29.